The van der Waals surface area contributed by atoms with Crippen LogP contribution < -0.4 is 10.1 Å². The summed E-state index contributed by atoms with van der Waals surface area (Å²) in [7, 11) is 1.89. The Morgan fingerprint density at radius 2 is 1.85 bits per heavy atom. The molecule has 2 aromatic heterocycles. The number of rotatable bonds is 4. The Kier molecular flexibility index (Phi) is 4.18. The van der Waals surface area contributed by atoms with E-state index in [0.717, 1.165) is 21.7 Å². The molecule has 0 spiro atoms. The first-order valence-electron chi connectivity index (χ1n) is 8.17. The normalized spacial score (nSPS) is 10.8. The second kappa shape index (κ2) is 6.65. The molecular weight excluding hydrogens is 346 g/mol. The molecule has 0 bridgehead atoms. The van der Waals surface area contributed by atoms with Gasteiger partial charge in [0.15, 0.2) is 0 Å². The van der Waals surface area contributed by atoms with Crippen LogP contribution in [0.15, 0.2) is 60.7 Å². The lowest BCUT2D eigenvalue weighted by atomic mass is 10.2. The highest BCUT2D eigenvalue weighted by atomic mass is 32.1. The number of nitrogens with one attached hydrogen (secondary N) is 1. The summed E-state index contributed by atoms with van der Waals surface area (Å²) >= 11 is 1.44. The first kappa shape index (κ1) is 16.4. The molecule has 2 heterocycles. The Bertz CT molecular complexity index is 1050. The van der Waals surface area contributed by atoms with Gasteiger partial charge in [0.05, 0.1) is 10.6 Å². The van der Waals surface area contributed by atoms with Gasteiger partial charge in [-0.15, -0.1) is 11.3 Å². The molecule has 0 aliphatic carbocycles. The van der Waals surface area contributed by atoms with Crippen LogP contribution in [-0.4, -0.2) is 15.7 Å². The number of aromatic nitrogens is 2. The number of thiophene rings is 1. The molecule has 0 saturated carbocycles. The number of nitrogens with zero attached hydrogens (tertiary/aromatic N) is 2. The Morgan fingerprint density at radius 3 is 2.62 bits per heavy atom. The molecule has 0 aliphatic heterocycles. The first-order chi connectivity index (χ1) is 12.6. The van der Waals surface area contributed by atoms with Crippen molar-refractivity contribution >= 4 is 33.1 Å². The molecular formula is C20H17N3O2S. The fourth-order valence-electron chi connectivity index (χ4n) is 2.77. The number of ether oxygens (including phenoxy) is 1. The van der Waals surface area contributed by atoms with E-state index in [0.29, 0.717) is 16.3 Å². The average molecular weight is 363 g/mol. The average Bonchev–Trinajstić information content (AvgIpc) is 3.18. The van der Waals surface area contributed by atoms with Crippen LogP contribution >= 0.6 is 11.3 Å². The highest BCUT2D eigenvalue weighted by Gasteiger charge is 2.15. The van der Waals surface area contributed by atoms with Gasteiger partial charge in [-0.05, 0) is 37.3 Å². The smallest absolute Gasteiger partial charge is 0.265 e. The number of hydrogen-bond donors (Lipinski definition) is 1. The molecule has 0 unspecified atom stereocenters. The van der Waals surface area contributed by atoms with Crippen LogP contribution in [0, 0.1) is 6.92 Å². The van der Waals surface area contributed by atoms with E-state index in [2.05, 4.69) is 10.4 Å². The van der Waals surface area contributed by atoms with Crippen molar-refractivity contribution in [3.05, 3.63) is 71.2 Å². The second-order valence-corrected chi connectivity index (χ2v) is 6.97. The third-order valence-electron chi connectivity index (χ3n) is 3.99. The van der Waals surface area contributed by atoms with Crippen molar-refractivity contribution < 1.29 is 9.53 Å². The third-order valence-corrected chi connectivity index (χ3v) is 5.19. The maximum absolute atomic E-state index is 12.6. The molecule has 130 valence electrons. The summed E-state index contributed by atoms with van der Waals surface area (Å²) in [5, 5.41) is 8.32. The predicted molar refractivity (Wildman–Crippen MR) is 104 cm³/mol. The highest BCUT2D eigenvalue weighted by Crippen LogP contribution is 2.29. The van der Waals surface area contributed by atoms with Crippen molar-refractivity contribution in [3.8, 4) is 11.5 Å². The zero-order chi connectivity index (χ0) is 18.1. The molecule has 0 atom stereocenters. The maximum Gasteiger partial charge on any atom is 0.265 e. The lowest BCUT2D eigenvalue weighted by Crippen LogP contribution is -2.10. The van der Waals surface area contributed by atoms with Crippen molar-refractivity contribution in [1.29, 1.82) is 0 Å². The summed E-state index contributed by atoms with van der Waals surface area (Å²) in [5.41, 5.74) is 1.62. The van der Waals surface area contributed by atoms with Gasteiger partial charge in [-0.2, -0.15) is 5.10 Å². The summed E-state index contributed by atoms with van der Waals surface area (Å²) in [5.74, 6) is 1.29. The Morgan fingerprint density at radius 1 is 1.08 bits per heavy atom. The molecule has 6 heteroatoms. The van der Waals surface area contributed by atoms with Gasteiger partial charge in [-0.25, -0.2) is 0 Å². The minimum Gasteiger partial charge on any atom is -0.457 e. The number of hydrogen-bond acceptors (Lipinski definition) is 4. The van der Waals surface area contributed by atoms with Gasteiger partial charge in [0.25, 0.3) is 5.91 Å². The Labute approximate surface area is 154 Å². The molecule has 0 radical (unpaired) electrons. The number of anilines is 1. The maximum atomic E-state index is 12.6. The summed E-state index contributed by atoms with van der Waals surface area (Å²) in [4.78, 5) is 14.3. The summed E-state index contributed by atoms with van der Waals surface area (Å²) in [6.07, 6.45) is 0. The molecule has 0 saturated heterocycles. The van der Waals surface area contributed by atoms with Crippen LogP contribution in [-0.2, 0) is 7.05 Å². The van der Waals surface area contributed by atoms with E-state index in [9.17, 15) is 4.79 Å². The van der Waals surface area contributed by atoms with Gasteiger partial charge in [-0.1, -0.05) is 24.3 Å². The van der Waals surface area contributed by atoms with Crippen LogP contribution in [0.1, 0.15) is 15.4 Å². The number of amides is 1. The monoisotopic (exact) mass is 363 g/mol. The minimum atomic E-state index is -0.137. The first-order valence-corrected chi connectivity index (χ1v) is 8.99. The minimum absolute atomic E-state index is 0.137. The van der Waals surface area contributed by atoms with Gasteiger partial charge in [0.1, 0.15) is 16.3 Å². The SMILES string of the molecule is Cc1nn(C)c2sc(C(=O)Nc3cccc(Oc4ccccc4)c3)cc12. The molecule has 4 rings (SSSR count). The largest absolute Gasteiger partial charge is 0.457 e. The van der Waals surface area contributed by atoms with E-state index in [-0.39, 0.29) is 5.91 Å². The number of carbonyl (C=O) groups excluding carboxylic acids is 1. The summed E-state index contributed by atoms with van der Waals surface area (Å²) in [6.45, 7) is 1.95. The Balaban J connectivity index is 1.53. The molecule has 1 amide bonds. The van der Waals surface area contributed by atoms with Crippen LogP contribution in [0.2, 0.25) is 0 Å². The molecule has 5 nitrogen and oxygen atoms in total. The van der Waals surface area contributed by atoms with Gasteiger partial charge in [-0.3, -0.25) is 9.48 Å². The molecule has 26 heavy (non-hydrogen) atoms. The van der Waals surface area contributed by atoms with Crippen LogP contribution in [0.25, 0.3) is 10.2 Å². The van der Waals surface area contributed by atoms with Crippen molar-refractivity contribution in [2.45, 2.75) is 6.92 Å². The van der Waals surface area contributed by atoms with E-state index in [1.807, 2.05) is 74.6 Å². The van der Waals surface area contributed by atoms with Crippen LogP contribution in [0.4, 0.5) is 5.69 Å². The fraction of sp³-hybridized carbons (Fsp3) is 0.100. The van der Waals surface area contributed by atoms with E-state index in [4.69, 9.17) is 4.74 Å². The zero-order valence-electron chi connectivity index (χ0n) is 14.4. The van der Waals surface area contributed by atoms with Crippen molar-refractivity contribution in [1.82, 2.24) is 9.78 Å². The third kappa shape index (κ3) is 3.19. The second-order valence-electron chi connectivity index (χ2n) is 5.94. The molecule has 1 N–H and O–H groups in total. The number of benzene rings is 2. The highest BCUT2D eigenvalue weighted by molar-refractivity contribution is 7.20. The number of para-hydroxylation sites is 1. The summed E-state index contributed by atoms with van der Waals surface area (Å²) < 4.78 is 7.62. The Hall–Kier alpha value is -3.12. The lowest BCUT2D eigenvalue weighted by Gasteiger charge is -2.08. The van der Waals surface area contributed by atoms with Gasteiger partial charge >= 0.3 is 0 Å². The quantitative estimate of drug-likeness (QED) is 0.556. The van der Waals surface area contributed by atoms with E-state index in [1.54, 1.807) is 4.68 Å². The molecule has 2 aromatic carbocycles. The fourth-order valence-corrected chi connectivity index (χ4v) is 3.79. The zero-order valence-corrected chi connectivity index (χ0v) is 15.2. The van der Waals surface area contributed by atoms with Gasteiger partial charge < -0.3 is 10.1 Å². The van der Waals surface area contributed by atoms with Crippen LogP contribution in [0.5, 0.6) is 11.5 Å². The lowest BCUT2D eigenvalue weighted by molar-refractivity contribution is 0.103. The predicted octanol–water partition coefficient (Wildman–Crippen LogP) is 4.99. The van der Waals surface area contributed by atoms with Crippen molar-refractivity contribution in [2.24, 2.45) is 7.05 Å². The molecule has 0 fully saturated rings. The van der Waals surface area contributed by atoms with Crippen molar-refractivity contribution in [3.63, 3.8) is 0 Å². The van der Waals surface area contributed by atoms with Crippen LogP contribution in [0.3, 0.4) is 0 Å². The van der Waals surface area contributed by atoms with E-state index in [1.165, 1.54) is 11.3 Å². The molecule has 0 aliphatic rings. The molecule has 4 aromatic rings. The van der Waals surface area contributed by atoms with E-state index >= 15 is 0 Å². The standard InChI is InChI=1S/C20H17N3O2S/c1-13-17-12-18(26-20(17)23(2)22-13)19(24)21-14-7-6-10-16(11-14)25-15-8-4-3-5-9-15/h3-12H,1-2H3,(H,21,24). The number of fused-ring (bicyclic) bond motifs is 1. The van der Waals surface area contributed by atoms with Gasteiger partial charge in [0, 0.05) is 24.2 Å². The topological polar surface area (TPSA) is 56.2 Å². The summed E-state index contributed by atoms with van der Waals surface area (Å²) in [6, 6.07) is 18.8. The number of aryl methyl sites for hydroxylation is 2. The van der Waals surface area contributed by atoms with Gasteiger partial charge in [0.2, 0.25) is 0 Å². The van der Waals surface area contributed by atoms with Crippen molar-refractivity contribution in [2.75, 3.05) is 5.32 Å². The van der Waals surface area contributed by atoms with E-state index < -0.39 is 0 Å². The number of carbonyl (C=O) groups is 1.